The molecule has 1 heterocycles. The molecule has 0 atom stereocenters. The molecule has 0 aliphatic rings. The molecule has 1 aromatic heterocycles. The molecule has 6 heteroatoms. The molecule has 90 valence electrons. The highest BCUT2D eigenvalue weighted by molar-refractivity contribution is 6.36. The summed E-state index contributed by atoms with van der Waals surface area (Å²) in [4.78, 5) is 4.06. The van der Waals surface area contributed by atoms with Crippen molar-refractivity contribution >= 4 is 40.4 Å². The number of rotatable bonds is 2. The van der Waals surface area contributed by atoms with E-state index in [2.05, 4.69) is 10.3 Å². The Balaban J connectivity index is 2.32. The Bertz CT molecular complexity index is 634. The number of hydrogen-bond acceptors (Lipinski definition) is 4. The van der Waals surface area contributed by atoms with Gasteiger partial charge in [0, 0.05) is 11.2 Å². The standard InChI is InChI=1S/C12H8Cl2N4/c13-8-1-2-11(9(14)4-8)18-12-10(16)3-7(5-15)6-17-12/h1-4,6H,16H2,(H,17,18). The highest BCUT2D eigenvalue weighted by Gasteiger charge is 2.06. The quantitative estimate of drug-likeness (QED) is 0.880. The zero-order chi connectivity index (χ0) is 13.1. The third-order valence-electron chi connectivity index (χ3n) is 2.23. The van der Waals surface area contributed by atoms with Gasteiger partial charge in [-0.3, -0.25) is 0 Å². The molecule has 0 fully saturated rings. The minimum atomic E-state index is 0.375. The number of halogens is 2. The second-order valence-electron chi connectivity index (χ2n) is 3.52. The van der Waals surface area contributed by atoms with Crippen LogP contribution in [0.5, 0.6) is 0 Å². The van der Waals surface area contributed by atoms with Gasteiger partial charge in [-0.25, -0.2) is 4.98 Å². The Labute approximate surface area is 114 Å². The van der Waals surface area contributed by atoms with E-state index in [0.29, 0.717) is 32.8 Å². The van der Waals surface area contributed by atoms with Crippen LogP contribution in [-0.4, -0.2) is 4.98 Å². The van der Waals surface area contributed by atoms with Crippen LogP contribution in [-0.2, 0) is 0 Å². The summed E-state index contributed by atoms with van der Waals surface area (Å²) in [7, 11) is 0. The maximum Gasteiger partial charge on any atom is 0.153 e. The van der Waals surface area contributed by atoms with Crippen LogP contribution in [0, 0.1) is 11.3 Å². The van der Waals surface area contributed by atoms with Gasteiger partial charge in [-0.1, -0.05) is 23.2 Å². The van der Waals surface area contributed by atoms with Crippen LogP contribution in [0.25, 0.3) is 0 Å². The smallest absolute Gasteiger partial charge is 0.153 e. The molecule has 18 heavy (non-hydrogen) atoms. The monoisotopic (exact) mass is 278 g/mol. The normalized spacial score (nSPS) is 9.83. The van der Waals surface area contributed by atoms with Crippen LogP contribution >= 0.6 is 23.2 Å². The second-order valence-corrected chi connectivity index (χ2v) is 4.37. The molecule has 0 amide bonds. The average Bonchev–Trinajstić information content (AvgIpc) is 2.34. The summed E-state index contributed by atoms with van der Waals surface area (Å²) in [5.41, 5.74) is 7.20. The van der Waals surface area contributed by atoms with Crippen molar-refractivity contribution in [2.24, 2.45) is 0 Å². The number of hydrogen-bond donors (Lipinski definition) is 2. The summed E-state index contributed by atoms with van der Waals surface area (Å²) in [6, 6.07) is 8.55. The van der Waals surface area contributed by atoms with Crippen molar-refractivity contribution in [1.29, 1.82) is 5.26 Å². The van der Waals surface area contributed by atoms with E-state index in [9.17, 15) is 0 Å². The molecular weight excluding hydrogens is 271 g/mol. The van der Waals surface area contributed by atoms with Crippen LogP contribution in [0.4, 0.5) is 17.2 Å². The fourth-order valence-electron chi connectivity index (χ4n) is 1.37. The Kier molecular flexibility index (Phi) is 3.56. The molecule has 2 rings (SSSR count). The summed E-state index contributed by atoms with van der Waals surface area (Å²) in [6.07, 6.45) is 1.43. The molecule has 0 bridgehead atoms. The third-order valence-corrected chi connectivity index (χ3v) is 2.78. The molecule has 4 nitrogen and oxygen atoms in total. The summed E-state index contributed by atoms with van der Waals surface area (Å²) in [5.74, 6) is 0.443. The fraction of sp³-hybridized carbons (Fsp3) is 0. The van der Waals surface area contributed by atoms with Gasteiger partial charge in [0.1, 0.15) is 6.07 Å². The number of benzene rings is 1. The predicted molar refractivity (Wildman–Crippen MR) is 73.1 cm³/mol. The number of anilines is 3. The van der Waals surface area contributed by atoms with Gasteiger partial charge >= 0.3 is 0 Å². The van der Waals surface area contributed by atoms with Crippen molar-refractivity contribution in [3.63, 3.8) is 0 Å². The molecule has 0 aliphatic carbocycles. The summed E-state index contributed by atoms with van der Waals surface area (Å²) in [6.45, 7) is 0. The zero-order valence-corrected chi connectivity index (χ0v) is 10.6. The molecule has 3 N–H and O–H groups in total. The molecule has 2 aromatic rings. The van der Waals surface area contributed by atoms with Crippen LogP contribution in [0.1, 0.15) is 5.56 Å². The van der Waals surface area contributed by atoms with Crippen molar-refractivity contribution < 1.29 is 0 Å². The Hall–Kier alpha value is -1.96. The summed E-state index contributed by atoms with van der Waals surface area (Å²) < 4.78 is 0. The van der Waals surface area contributed by atoms with E-state index in [0.717, 1.165) is 0 Å². The molecule has 0 radical (unpaired) electrons. The van der Waals surface area contributed by atoms with E-state index in [1.807, 2.05) is 6.07 Å². The molecule has 0 saturated carbocycles. The maximum absolute atomic E-state index is 8.72. The van der Waals surface area contributed by atoms with Crippen LogP contribution in [0.15, 0.2) is 30.5 Å². The summed E-state index contributed by atoms with van der Waals surface area (Å²) in [5, 5.41) is 12.7. The number of nitrogens with one attached hydrogen (secondary N) is 1. The minimum absolute atomic E-state index is 0.375. The number of pyridine rings is 1. The lowest BCUT2D eigenvalue weighted by Gasteiger charge is -2.10. The fourth-order valence-corrected chi connectivity index (χ4v) is 1.82. The number of nitrogen functional groups attached to an aromatic ring is 1. The van der Waals surface area contributed by atoms with Crippen molar-refractivity contribution in [2.75, 3.05) is 11.1 Å². The first-order valence-corrected chi connectivity index (χ1v) is 5.73. The average molecular weight is 279 g/mol. The first-order valence-electron chi connectivity index (χ1n) is 4.98. The van der Waals surface area contributed by atoms with E-state index in [1.165, 1.54) is 6.20 Å². The lowest BCUT2D eigenvalue weighted by molar-refractivity contribution is 1.29. The van der Waals surface area contributed by atoms with Gasteiger partial charge in [-0.15, -0.1) is 0 Å². The van der Waals surface area contributed by atoms with Crippen LogP contribution < -0.4 is 11.1 Å². The largest absolute Gasteiger partial charge is 0.396 e. The second kappa shape index (κ2) is 5.13. The van der Waals surface area contributed by atoms with E-state index in [1.54, 1.807) is 24.3 Å². The Morgan fingerprint density at radius 1 is 1.28 bits per heavy atom. The molecule has 0 spiro atoms. The number of aromatic nitrogens is 1. The number of nitrogens with two attached hydrogens (primary N) is 1. The van der Waals surface area contributed by atoms with Crippen molar-refractivity contribution in [1.82, 2.24) is 4.98 Å². The molecular formula is C12H8Cl2N4. The van der Waals surface area contributed by atoms with Gasteiger partial charge in [-0.05, 0) is 24.3 Å². The lowest BCUT2D eigenvalue weighted by atomic mass is 10.2. The van der Waals surface area contributed by atoms with E-state index < -0.39 is 0 Å². The van der Waals surface area contributed by atoms with Crippen LogP contribution in [0.2, 0.25) is 10.0 Å². The van der Waals surface area contributed by atoms with Gasteiger partial charge in [0.15, 0.2) is 5.82 Å². The number of nitriles is 1. The lowest BCUT2D eigenvalue weighted by Crippen LogP contribution is -2.00. The first kappa shape index (κ1) is 12.5. The highest BCUT2D eigenvalue weighted by atomic mass is 35.5. The van der Waals surface area contributed by atoms with E-state index in [-0.39, 0.29) is 0 Å². The number of nitrogens with zero attached hydrogens (tertiary/aromatic N) is 2. The highest BCUT2D eigenvalue weighted by Crippen LogP contribution is 2.29. The maximum atomic E-state index is 8.72. The first-order chi connectivity index (χ1) is 8.60. The van der Waals surface area contributed by atoms with Gasteiger partial charge in [0.05, 0.1) is 22.0 Å². The van der Waals surface area contributed by atoms with Gasteiger partial charge in [0.25, 0.3) is 0 Å². The Morgan fingerprint density at radius 2 is 2.06 bits per heavy atom. The topological polar surface area (TPSA) is 74.7 Å². The SMILES string of the molecule is N#Cc1cnc(Nc2ccc(Cl)cc2Cl)c(N)c1. The molecule has 1 aromatic carbocycles. The van der Waals surface area contributed by atoms with E-state index >= 15 is 0 Å². The van der Waals surface area contributed by atoms with Gasteiger partial charge in [0.2, 0.25) is 0 Å². The zero-order valence-electron chi connectivity index (χ0n) is 9.11. The van der Waals surface area contributed by atoms with Crippen molar-refractivity contribution in [2.45, 2.75) is 0 Å². The Morgan fingerprint density at radius 3 is 2.67 bits per heavy atom. The van der Waals surface area contributed by atoms with Crippen molar-refractivity contribution in [3.05, 3.63) is 46.1 Å². The molecule has 0 saturated heterocycles. The predicted octanol–water partition coefficient (Wildman–Crippen LogP) is 3.59. The van der Waals surface area contributed by atoms with Crippen molar-refractivity contribution in [3.8, 4) is 6.07 Å². The minimum Gasteiger partial charge on any atom is -0.396 e. The summed E-state index contributed by atoms with van der Waals surface area (Å²) >= 11 is 11.8. The van der Waals surface area contributed by atoms with Gasteiger partial charge in [-0.2, -0.15) is 5.26 Å². The van der Waals surface area contributed by atoms with E-state index in [4.69, 9.17) is 34.2 Å². The molecule has 0 unspecified atom stereocenters. The third kappa shape index (κ3) is 2.65. The van der Waals surface area contributed by atoms with Crippen LogP contribution in [0.3, 0.4) is 0 Å². The molecule has 0 aliphatic heterocycles. The van der Waals surface area contributed by atoms with Gasteiger partial charge < -0.3 is 11.1 Å².